The first-order valence-corrected chi connectivity index (χ1v) is 6.69. The van der Waals surface area contributed by atoms with Crippen LogP contribution in [0.1, 0.15) is 43.7 Å². The van der Waals surface area contributed by atoms with Crippen molar-refractivity contribution in [2.24, 2.45) is 11.7 Å². The van der Waals surface area contributed by atoms with Gasteiger partial charge < -0.3 is 10.5 Å². The molecular formula is C15H22N2O. The molecule has 1 aromatic carbocycles. The highest BCUT2D eigenvalue weighted by Gasteiger charge is 2.23. The van der Waals surface area contributed by atoms with Crippen LogP contribution in [0.5, 0.6) is 5.75 Å². The van der Waals surface area contributed by atoms with Crippen LogP contribution in [-0.4, -0.2) is 11.9 Å². The van der Waals surface area contributed by atoms with Gasteiger partial charge in [-0.05, 0) is 55.9 Å². The maximum atomic E-state index is 7.42. The molecule has 2 atom stereocenters. The van der Waals surface area contributed by atoms with Crippen molar-refractivity contribution in [1.82, 2.24) is 0 Å². The van der Waals surface area contributed by atoms with Crippen LogP contribution in [0.25, 0.3) is 0 Å². The number of benzene rings is 1. The van der Waals surface area contributed by atoms with Gasteiger partial charge in [-0.1, -0.05) is 13.3 Å². The molecule has 98 valence electrons. The molecule has 18 heavy (non-hydrogen) atoms. The van der Waals surface area contributed by atoms with Crippen LogP contribution in [0.2, 0.25) is 0 Å². The predicted molar refractivity (Wildman–Crippen MR) is 74.2 cm³/mol. The van der Waals surface area contributed by atoms with Crippen LogP contribution >= 0.6 is 0 Å². The average Bonchev–Trinajstić information content (AvgIpc) is 2.34. The number of hydrogen-bond donors (Lipinski definition) is 2. The molecule has 3 heteroatoms. The molecule has 1 aromatic rings. The minimum atomic E-state index is 0.107. The third-order valence-corrected chi connectivity index (χ3v) is 3.80. The molecule has 1 fully saturated rings. The lowest BCUT2D eigenvalue weighted by molar-refractivity contribution is 0.102. The normalized spacial score (nSPS) is 23.7. The average molecular weight is 246 g/mol. The highest BCUT2D eigenvalue weighted by Crippen LogP contribution is 2.29. The molecule has 3 N–H and O–H groups in total. The molecular weight excluding hydrogens is 224 g/mol. The van der Waals surface area contributed by atoms with Crippen molar-refractivity contribution >= 4 is 5.84 Å². The molecule has 0 spiro atoms. The zero-order valence-corrected chi connectivity index (χ0v) is 11.2. The second-order valence-electron chi connectivity index (χ2n) is 5.31. The number of aryl methyl sites for hydroxylation is 1. The fourth-order valence-electron chi connectivity index (χ4n) is 2.57. The van der Waals surface area contributed by atoms with Gasteiger partial charge in [-0.2, -0.15) is 0 Å². The number of hydrogen-bond acceptors (Lipinski definition) is 2. The topological polar surface area (TPSA) is 59.1 Å². The van der Waals surface area contributed by atoms with Crippen molar-refractivity contribution in [3.63, 3.8) is 0 Å². The molecule has 1 aliphatic rings. The van der Waals surface area contributed by atoms with Crippen molar-refractivity contribution in [2.75, 3.05) is 0 Å². The van der Waals surface area contributed by atoms with E-state index in [2.05, 4.69) is 6.92 Å². The van der Waals surface area contributed by atoms with Gasteiger partial charge in [0.05, 0.1) is 0 Å². The van der Waals surface area contributed by atoms with E-state index in [4.69, 9.17) is 15.9 Å². The molecule has 0 radical (unpaired) electrons. The third-order valence-electron chi connectivity index (χ3n) is 3.80. The quantitative estimate of drug-likeness (QED) is 0.635. The maximum absolute atomic E-state index is 7.42. The van der Waals surface area contributed by atoms with E-state index in [0.717, 1.165) is 23.3 Å². The van der Waals surface area contributed by atoms with Crippen LogP contribution in [0.3, 0.4) is 0 Å². The number of ether oxygens (including phenoxy) is 1. The van der Waals surface area contributed by atoms with Crippen molar-refractivity contribution in [1.29, 1.82) is 5.41 Å². The van der Waals surface area contributed by atoms with E-state index in [1.165, 1.54) is 19.3 Å². The highest BCUT2D eigenvalue weighted by atomic mass is 16.5. The molecule has 3 nitrogen and oxygen atoms in total. The van der Waals surface area contributed by atoms with Gasteiger partial charge in [0.2, 0.25) is 0 Å². The van der Waals surface area contributed by atoms with Crippen LogP contribution in [0.15, 0.2) is 18.2 Å². The van der Waals surface area contributed by atoms with Gasteiger partial charge in [0.25, 0.3) is 0 Å². The summed E-state index contributed by atoms with van der Waals surface area (Å²) in [4.78, 5) is 0. The molecule has 0 saturated heterocycles. The van der Waals surface area contributed by atoms with E-state index in [0.29, 0.717) is 12.0 Å². The maximum Gasteiger partial charge on any atom is 0.122 e. The minimum Gasteiger partial charge on any atom is -0.490 e. The molecule has 0 amide bonds. The van der Waals surface area contributed by atoms with Gasteiger partial charge in [0, 0.05) is 5.56 Å². The molecule has 0 aliphatic heterocycles. The Balaban J connectivity index is 2.11. The number of rotatable bonds is 3. The summed E-state index contributed by atoms with van der Waals surface area (Å²) in [5, 5.41) is 7.42. The van der Waals surface area contributed by atoms with Crippen LogP contribution in [-0.2, 0) is 0 Å². The second kappa shape index (κ2) is 5.42. The van der Waals surface area contributed by atoms with Crippen molar-refractivity contribution in [3.8, 4) is 5.75 Å². The Labute approximate surface area is 109 Å². The molecule has 1 saturated carbocycles. The first-order chi connectivity index (χ1) is 8.58. The summed E-state index contributed by atoms with van der Waals surface area (Å²) in [7, 11) is 0. The second-order valence-corrected chi connectivity index (χ2v) is 5.31. The Kier molecular flexibility index (Phi) is 3.90. The van der Waals surface area contributed by atoms with Crippen molar-refractivity contribution < 1.29 is 4.74 Å². The summed E-state index contributed by atoms with van der Waals surface area (Å²) in [6.45, 7) is 4.28. The van der Waals surface area contributed by atoms with Gasteiger partial charge in [0.1, 0.15) is 17.7 Å². The lowest BCUT2D eigenvalue weighted by atomic mass is 9.88. The summed E-state index contributed by atoms with van der Waals surface area (Å²) >= 11 is 0. The zero-order chi connectivity index (χ0) is 13.1. The van der Waals surface area contributed by atoms with Gasteiger partial charge in [-0.15, -0.1) is 0 Å². The highest BCUT2D eigenvalue weighted by molar-refractivity contribution is 5.95. The van der Waals surface area contributed by atoms with E-state index in [1.807, 2.05) is 25.1 Å². The van der Waals surface area contributed by atoms with E-state index in [1.54, 1.807) is 0 Å². The van der Waals surface area contributed by atoms with Gasteiger partial charge in [-0.3, -0.25) is 5.41 Å². The Bertz CT molecular complexity index is 442. The van der Waals surface area contributed by atoms with E-state index in [-0.39, 0.29) is 5.84 Å². The van der Waals surface area contributed by atoms with E-state index in [9.17, 15) is 0 Å². The Hall–Kier alpha value is -1.51. The molecule has 0 heterocycles. The molecule has 0 aromatic heterocycles. The first-order valence-electron chi connectivity index (χ1n) is 6.69. The smallest absolute Gasteiger partial charge is 0.122 e. The Morgan fingerprint density at radius 3 is 2.67 bits per heavy atom. The van der Waals surface area contributed by atoms with Crippen LogP contribution in [0, 0.1) is 18.3 Å². The largest absolute Gasteiger partial charge is 0.490 e. The lowest BCUT2D eigenvalue weighted by Gasteiger charge is -2.30. The van der Waals surface area contributed by atoms with Gasteiger partial charge in [0.15, 0.2) is 0 Å². The fourth-order valence-corrected chi connectivity index (χ4v) is 2.57. The van der Waals surface area contributed by atoms with Crippen LogP contribution < -0.4 is 10.5 Å². The van der Waals surface area contributed by atoms with Gasteiger partial charge in [-0.25, -0.2) is 0 Å². The van der Waals surface area contributed by atoms with E-state index < -0.39 is 0 Å². The number of amidine groups is 1. The first kappa shape index (κ1) is 12.9. The monoisotopic (exact) mass is 246 g/mol. The molecule has 2 rings (SSSR count). The Morgan fingerprint density at radius 1 is 1.33 bits per heavy atom. The van der Waals surface area contributed by atoms with E-state index >= 15 is 0 Å². The third kappa shape index (κ3) is 2.84. The number of nitrogens with two attached hydrogens (primary N) is 1. The molecule has 1 aliphatic carbocycles. The SMILES string of the molecule is Cc1cc(C(=N)N)ccc1OC1CCCCC1C. The van der Waals surface area contributed by atoms with Crippen molar-refractivity contribution in [3.05, 3.63) is 29.3 Å². The summed E-state index contributed by atoms with van der Waals surface area (Å²) in [5.41, 5.74) is 7.30. The zero-order valence-electron chi connectivity index (χ0n) is 11.2. The van der Waals surface area contributed by atoms with Crippen molar-refractivity contribution in [2.45, 2.75) is 45.6 Å². The minimum absolute atomic E-state index is 0.107. The summed E-state index contributed by atoms with van der Waals surface area (Å²) < 4.78 is 6.12. The molecule has 0 bridgehead atoms. The summed E-state index contributed by atoms with van der Waals surface area (Å²) in [6.07, 6.45) is 5.33. The predicted octanol–water partition coefficient (Wildman–Crippen LogP) is 3.24. The summed E-state index contributed by atoms with van der Waals surface area (Å²) in [6, 6.07) is 5.72. The van der Waals surface area contributed by atoms with Gasteiger partial charge >= 0.3 is 0 Å². The summed E-state index contributed by atoms with van der Waals surface area (Å²) in [5.74, 6) is 1.67. The molecule has 2 unspecified atom stereocenters. The number of nitrogens with one attached hydrogen (secondary N) is 1. The standard InChI is InChI=1S/C15H22N2O/c1-10-5-3-4-6-13(10)18-14-8-7-12(15(16)17)9-11(14)2/h7-10,13H,3-6H2,1-2H3,(H3,16,17). The van der Waals surface area contributed by atoms with Crippen LogP contribution in [0.4, 0.5) is 0 Å². The lowest BCUT2D eigenvalue weighted by Crippen LogP contribution is -2.28. The number of nitrogen functional groups attached to an aromatic ring is 1. The Morgan fingerprint density at radius 2 is 2.06 bits per heavy atom. The fraction of sp³-hybridized carbons (Fsp3) is 0.533.